The molecule has 0 atom stereocenters. The van der Waals surface area contributed by atoms with Gasteiger partial charge in [0, 0.05) is 12.1 Å². The number of hydrogen-bond acceptors (Lipinski definition) is 6. The van der Waals surface area contributed by atoms with E-state index in [1.165, 1.54) is 12.1 Å². The standard InChI is InChI=1S/2C13H10INO3/c2*14-13-11(15(16)17)7-4-8-12(13)18-9-10-5-2-1-3-6-10/h2*1-8H,9H2. The highest BCUT2D eigenvalue weighted by Gasteiger charge is 2.16. The normalized spacial score (nSPS) is 10.1. The fourth-order valence-corrected chi connectivity index (χ4v) is 4.40. The molecule has 10 heteroatoms. The minimum absolute atomic E-state index is 0.0705. The predicted octanol–water partition coefficient (Wildman–Crippen LogP) is 7.56. The van der Waals surface area contributed by atoms with Crippen molar-refractivity contribution < 1.29 is 19.3 Å². The number of nitro benzene ring substituents is 2. The van der Waals surface area contributed by atoms with Gasteiger partial charge in [0.15, 0.2) is 0 Å². The van der Waals surface area contributed by atoms with Crippen molar-refractivity contribution in [2.24, 2.45) is 0 Å². The molecule has 8 nitrogen and oxygen atoms in total. The number of nitro groups is 2. The number of rotatable bonds is 8. The van der Waals surface area contributed by atoms with E-state index < -0.39 is 9.85 Å². The first kappa shape index (κ1) is 27.3. The molecule has 0 aliphatic rings. The molecular formula is C26H20I2N2O6. The van der Waals surface area contributed by atoms with Crippen molar-refractivity contribution in [3.63, 3.8) is 0 Å². The van der Waals surface area contributed by atoms with Gasteiger partial charge in [0.25, 0.3) is 11.4 Å². The van der Waals surface area contributed by atoms with Crippen molar-refractivity contribution in [1.29, 1.82) is 0 Å². The zero-order chi connectivity index (χ0) is 25.9. The molecule has 0 aromatic heterocycles. The number of halogens is 2. The maximum Gasteiger partial charge on any atom is 0.286 e. The van der Waals surface area contributed by atoms with Gasteiger partial charge in [-0.25, -0.2) is 0 Å². The van der Waals surface area contributed by atoms with E-state index in [9.17, 15) is 20.2 Å². The monoisotopic (exact) mass is 710 g/mol. The lowest BCUT2D eigenvalue weighted by molar-refractivity contribution is -0.386. The Kier molecular flexibility index (Phi) is 10.4. The molecule has 4 aromatic rings. The summed E-state index contributed by atoms with van der Waals surface area (Å²) in [4.78, 5) is 20.8. The van der Waals surface area contributed by atoms with Crippen LogP contribution in [0.4, 0.5) is 11.4 Å². The van der Waals surface area contributed by atoms with Gasteiger partial charge in [-0.1, -0.05) is 72.8 Å². The maximum absolute atomic E-state index is 10.8. The van der Waals surface area contributed by atoms with Gasteiger partial charge >= 0.3 is 0 Å². The molecule has 0 aliphatic heterocycles. The van der Waals surface area contributed by atoms with Crippen LogP contribution in [0.2, 0.25) is 0 Å². The topological polar surface area (TPSA) is 105 Å². The summed E-state index contributed by atoms with van der Waals surface area (Å²) in [6.07, 6.45) is 0. The summed E-state index contributed by atoms with van der Waals surface area (Å²) >= 11 is 3.86. The number of nitrogens with zero attached hydrogens (tertiary/aromatic N) is 2. The van der Waals surface area contributed by atoms with E-state index in [2.05, 4.69) is 0 Å². The van der Waals surface area contributed by atoms with Gasteiger partial charge in [0.2, 0.25) is 0 Å². The highest BCUT2D eigenvalue weighted by Crippen LogP contribution is 2.31. The van der Waals surface area contributed by atoms with Crippen molar-refractivity contribution >= 4 is 56.6 Å². The highest BCUT2D eigenvalue weighted by molar-refractivity contribution is 14.1. The second kappa shape index (κ2) is 13.7. The van der Waals surface area contributed by atoms with Crippen LogP contribution in [0.15, 0.2) is 97.1 Å². The third-order valence-corrected chi connectivity index (χ3v) is 6.92. The molecule has 0 bridgehead atoms. The van der Waals surface area contributed by atoms with Gasteiger partial charge in [-0.3, -0.25) is 20.2 Å². The third-order valence-electron chi connectivity index (χ3n) is 4.75. The Bertz CT molecular complexity index is 1220. The summed E-state index contributed by atoms with van der Waals surface area (Å²) in [5.41, 5.74) is 2.20. The van der Waals surface area contributed by atoms with E-state index in [1.54, 1.807) is 24.3 Å². The second-order valence-corrected chi connectivity index (χ2v) is 9.40. The largest absolute Gasteiger partial charge is 0.488 e. The Balaban J connectivity index is 0.000000201. The number of benzene rings is 4. The first-order valence-corrected chi connectivity index (χ1v) is 12.7. The fraction of sp³-hybridized carbons (Fsp3) is 0.0769. The van der Waals surface area contributed by atoms with Crippen LogP contribution >= 0.6 is 45.2 Å². The van der Waals surface area contributed by atoms with Crippen molar-refractivity contribution in [2.45, 2.75) is 13.2 Å². The third kappa shape index (κ3) is 7.88. The Morgan fingerprint density at radius 1 is 0.556 bits per heavy atom. The minimum atomic E-state index is -0.406. The first-order chi connectivity index (χ1) is 17.4. The molecular weight excluding hydrogens is 690 g/mol. The molecule has 0 saturated carbocycles. The van der Waals surface area contributed by atoms with E-state index in [1.807, 2.05) is 106 Å². The summed E-state index contributed by atoms with van der Waals surface area (Å²) in [5.74, 6) is 1.07. The van der Waals surface area contributed by atoms with E-state index >= 15 is 0 Å². The van der Waals surface area contributed by atoms with Crippen LogP contribution < -0.4 is 9.47 Å². The Labute approximate surface area is 234 Å². The number of ether oxygens (including phenoxy) is 2. The summed E-state index contributed by atoms with van der Waals surface area (Å²) in [6.45, 7) is 0.802. The second-order valence-electron chi connectivity index (χ2n) is 7.24. The van der Waals surface area contributed by atoms with Crippen LogP contribution in [0.3, 0.4) is 0 Å². The van der Waals surface area contributed by atoms with Crippen LogP contribution in [-0.2, 0) is 13.2 Å². The van der Waals surface area contributed by atoms with Crippen molar-refractivity contribution in [1.82, 2.24) is 0 Å². The zero-order valence-corrected chi connectivity index (χ0v) is 23.1. The molecule has 0 unspecified atom stereocenters. The summed E-state index contributed by atoms with van der Waals surface area (Å²) in [5, 5.41) is 21.6. The molecule has 0 saturated heterocycles. The van der Waals surface area contributed by atoms with Crippen molar-refractivity contribution in [3.8, 4) is 11.5 Å². The molecule has 184 valence electrons. The quantitative estimate of drug-likeness (QED) is 0.106. The minimum Gasteiger partial charge on any atom is -0.488 e. The Hall–Kier alpha value is -3.26. The molecule has 0 N–H and O–H groups in total. The van der Waals surface area contributed by atoms with Crippen molar-refractivity contribution in [3.05, 3.63) is 136 Å². The van der Waals surface area contributed by atoms with Gasteiger partial charge in [0.1, 0.15) is 31.9 Å². The lowest BCUT2D eigenvalue weighted by Crippen LogP contribution is -1.99. The average Bonchev–Trinajstić information content (AvgIpc) is 2.89. The van der Waals surface area contributed by atoms with Gasteiger partial charge < -0.3 is 9.47 Å². The zero-order valence-electron chi connectivity index (χ0n) is 18.8. The Morgan fingerprint density at radius 2 is 0.917 bits per heavy atom. The van der Waals surface area contributed by atoms with E-state index in [0.717, 1.165) is 11.1 Å². The van der Waals surface area contributed by atoms with Crippen LogP contribution in [0, 0.1) is 27.4 Å². The van der Waals surface area contributed by atoms with Crippen LogP contribution in [0.1, 0.15) is 11.1 Å². The molecule has 0 spiro atoms. The van der Waals surface area contributed by atoms with Gasteiger partial charge in [0.05, 0.1) is 9.85 Å². The molecule has 0 aliphatic carbocycles. The van der Waals surface area contributed by atoms with Crippen LogP contribution in [0.5, 0.6) is 11.5 Å². The van der Waals surface area contributed by atoms with Crippen LogP contribution in [0.25, 0.3) is 0 Å². The molecule has 0 heterocycles. The molecule has 4 aromatic carbocycles. The SMILES string of the molecule is O=[N+]([O-])c1cccc(OCc2ccccc2)c1I.O=[N+]([O-])c1cccc(OCc2ccccc2)c1I. The average molecular weight is 710 g/mol. The lowest BCUT2D eigenvalue weighted by Gasteiger charge is -2.08. The molecule has 0 radical (unpaired) electrons. The maximum atomic E-state index is 10.8. The molecule has 4 rings (SSSR count). The summed E-state index contributed by atoms with van der Waals surface area (Å²) in [7, 11) is 0. The lowest BCUT2D eigenvalue weighted by atomic mass is 10.2. The first-order valence-electron chi connectivity index (χ1n) is 10.6. The van der Waals surface area contributed by atoms with Crippen LogP contribution in [-0.4, -0.2) is 9.85 Å². The number of hydrogen-bond donors (Lipinski definition) is 0. The Morgan fingerprint density at radius 3 is 1.25 bits per heavy atom. The smallest absolute Gasteiger partial charge is 0.286 e. The van der Waals surface area contributed by atoms with Gasteiger partial charge in [-0.15, -0.1) is 0 Å². The molecule has 0 amide bonds. The summed E-state index contributed by atoms with van der Waals surface area (Å²) in [6, 6.07) is 29.0. The van der Waals surface area contributed by atoms with Gasteiger partial charge in [-0.2, -0.15) is 0 Å². The van der Waals surface area contributed by atoms with E-state index in [-0.39, 0.29) is 11.4 Å². The summed E-state index contributed by atoms with van der Waals surface area (Å²) < 4.78 is 12.3. The van der Waals surface area contributed by atoms with E-state index in [4.69, 9.17) is 9.47 Å². The van der Waals surface area contributed by atoms with Crippen molar-refractivity contribution in [2.75, 3.05) is 0 Å². The highest BCUT2D eigenvalue weighted by atomic mass is 127. The fourth-order valence-electron chi connectivity index (χ4n) is 2.97. The predicted molar refractivity (Wildman–Crippen MR) is 153 cm³/mol. The van der Waals surface area contributed by atoms with E-state index in [0.29, 0.717) is 31.9 Å². The van der Waals surface area contributed by atoms with Gasteiger partial charge in [-0.05, 0) is 68.4 Å². The molecule has 36 heavy (non-hydrogen) atoms. The molecule has 0 fully saturated rings.